The first-order valence-electron chi connectivity index (χ1n) is 9.90. The predicted octanol–water partition coefficient (Wildman–Crippen LogP) is 2.56. The number of nitrogens with zero attached hydrogens (tertiary/aromatic N) is 3. The van der Waals surface area contributed by atoms with Gasteiger partial charge in [-0.3, -0.25) is 9.58 Å². The molecule has 2 aromatic heterocycles. The molecule has 31 heavy (non-hydrogen) atoms. The summed E-state index contributed by atoms with van der Waals surface area (Å²) in [5.41, 5.74) is 0.489. The van der Waals surface area contributed by atoms with Crippen molar-refractivity contribution in [3.8, 4) is 0 Å². The number of alkyl halides is 3. The van der Waals surface area contributed by atoms with Crippen LogP contribution in [0.25, 0.3) is 0 Å². The van der Waals surface area contributed by atoms with Gasteiger partial charge < -0.3 is 9.84 Å². The second kappa shape index (κ2) is 8.14. The van der Waals surface area contributed by atoms with Crippen molar-refractivity contribution in [2.45, 2.75) is 43.8 Å². The van der Waals surface area contributed by atoms with Crippen molar-refractivity contribution in [3.05, 3.63) is 39.3 Å². The fourth-order valence-electron chi connectivity index (χ4n) is 4.11. The first-order chi connectivity index (χ1) is 14.5. The molecule has 0 saturated carbocycles. The lowest BCUT2D eigenvalue weighted by molar-refractivity contribution is -0.134. The normalized spacial score (nSPS) is 22.0. The molecular weight excluding hydrogens is 455 g/mol. The first kappa shape index (κ1) is 22.7. The molecule has 1 unspecified atom stereocenters. The quantitative estimate of drug-likeness (QED) is 0.710. The van der Waals surface area contributed by atoms with Crippen molar-refractivity contribution in [1.29, 1.82) is 0 Å². The van der Waals surface area contributed by atoms with Gasteiger partial charge in [0.05, 0.1) is 25.1 Å². The summed E-state index contributed by atoms with van der Waals surface area (Å²) < 4.78 is 69.8. The maximum Gasteiger partial charge on any atom is 0.425 e. The van der Waals surface area contributed by atoms with Crippen LogP contribution in [0.4, 0.5) is 13.2 Å². The maximum atomic E-state index is 13.2. The van der Waals surface area contributed by atoms with Gasteiger partial charge in [-0.05, 0) is 18.9 Å². The summed E-state index contributed by atoms with van der Waals surface area (Å²) in [5, 5.41) is 14.4. The Bertz CT molecular complexity index is 1040. The molecule has 4 rings (SSSR count). The fourth-order valence-corrected chi connectivity index (χ4v) is 5.92. The van der Waals surface area contributed by atoms with Crippen molar-refractivity contribution < 1.29 is 31.4 Å². The smallest absolute Gasteiger partial charge is 0.386 e. The minimum atomic E-state index is -4.44. The Morgan fingerprint density at radius 3 is 2.71 bits per heavy atom. The van der Waals surface area contributed by atoms with E-state index in [0.29, 0.717) is 60.8 Å². The third-order valence-corrected chi connectivity index (χ3v) is 8.08. The van der Waals surface area contributed by atoms with Crippen LogP contribution in [-0.2, 0) is 39.4 Å². The summed E-state index contributed by atoms with van der Waals surface area (Å²) in [6, 6.07) is 1.06. The van der Waals surface area contributed by atoms with Gasteiger partial charge in [0, 0.05) is 48.1 Å². The largest absolute Gasteiger partial charge is 0.425 e. The minimum Gasteiger partial charge on any atom is -0.386 e. The second-order valence-corrected chi connectivity index (χ2v) is 11.5. The molecule has 2 aliphatic heterocycles. The van der Waals surface area contributed by atoms with Crippen molar-refractivity contribution in [1.82, 2.24) is 14.7 Å². The van der Waals surface area contributed by atoms with E-state index in [4.69, 9.17) is 4.74 Å². The number of rotatable bonds is 5. The number of aryl methyl sites for hydroxylation is 1. The molecule has 4 heterocycles. The van der Waals surface area contributed by atoms with Gasteiger partial charge in [-0.25, -0.2) is 8.42 Å². The highest BCUT2D eigenvalue weighted by molar-refractivity contribution is 7.90. The number of likely N-dealkylation sites (tertiary alicyclic amines) is 1. The molecule has 12 heteroatoms. The predicted molar refractivity (Wildman–Crippen MR) is 108 cm³/mol. The van der Waals surface area contributed by atoms with Gasteiger partial charge in [0.1, 0.15) is 26.4 Å². The molecule has 0 bridgehead atoms. The van der Waals surface area contributed by atoms with E-state index in [0.717, 1.165) is 11.6 Å². The van der Waals surface area contributed by atoms with Crippen LogP contribution in [0.2, 0.25) is 0 Å². The van der Waals surface area contributed by atoms with Gasteiger partial charge in [-0.1, -0.05) is 0 Å². The number of hydrogen-bond donors (Lipinski definition) is 1. The Morgan fingerprint density at radius 1 is 1.35 bits per heavy atom. The summed E-state index contributed by atoms with van der Waals surface area (Å²) in [5.74, 6) is 0.0204. The van der Waals surface area contributed by atoms with E-state index in [2.05, 4.69) is 10.00 Å². The summed E-state index contributed by atoms with van der Waals surface area (Å²) in [4.78, 5) is 1.97. The zero-order valence-corrected chi connectivity index (χ0v) is 18.6. The first-order valence-corrected chi connectivity index (χ1v) is 12.8. The van der Waals surface area contributed by atoms with E-state index in [1.54, 1.807) is 10.9 Å². The molecule has 0 amide bonds. The number of aromatic nitrogens is 2. The van der Waals surface area contributed by atoms with Gasteiger partial charge in [0.2, 0.25) is 0 Å². The number of ether oxygens (including phenoxy) is 1. The topological polar surface area (TPSA) is 84.7 Å². The van der Waals surface area contributed by atoms with Gasteiger partial charge in [0.15, 0.2) is 0 Å². The van der Waals surface area contributed by atoms with Crippen molar-refractivity contribution in [2.24, 2.45) is 0 Å². The molecule has 1 spiro atoms. The zero-order chi connectivity index (χ0) is 22.4. The molecule has 0 aromatic carbocycles. The molecule has 2 aromatic rings. The molecule has 1 N–H and O–H groups in total. The summed E-state index contributed by atoms with van der Waals surface area (Å²) in [6.07, 6.45) is 0.289. The number of piperidine rings is 1. The van der Waals surface area contributed by atoms with E-state index in [9.17, 15) is 26.7 Å². The molecule has 0 aliphatic carbocycles. The molecule has 2 aliphatic rings. The molecule has 1 fully saturated rings. The van der Waals surface area contributed by atoms with Crippen LogP contribution in [-0.4, -0.2) is 59.9 Å². The Kier molecular flexibility index (Phi) is 5.97. The van der Waals surface area contributed by atoms with Gasteiger partial charge in [-0.15, -0.1) is 11.3 Å². The zero-order valence-electron chi connectivity index (χ0n) is 16.9. The highest BCUT2D eigenvalue weighted by Crippen LogP contribution is 2.50. The van der Waals surface area contributed by atoms with Gasteiger partial charge in [-0.2, -0.15) is 18.3 Å². The molecule has 7 nitrogen and oxygen atoms in total. The molecule has 0 radical (unpaired) electrons. The Labute approximate surface area is 182 Å². The number of fused-ring (bicyclic) bond motifs is 2. The number of thiophene rings is 1. The highest BCUT2D eigenvalue weighted by atomic mass is 32.2. The third kappa shape index (κ3) is 4.98. The van der Waals surface area contributed by atoms with E-state index >= 15 is 0 Å². The number of sulfone groups is 1. The fraction of sp³-hybridized carbons (Fsp3) is 0.632. The molecular formula is C19H24F3N3O4S2. The molecule has 1 saturated heterocycles. The lowest BCUT2D eigenvalue weighted by Crippen LogP contribution is -2.46. The minimum absolute atomic E-state index is 0.00582. The third-order valence-electron chi connectivity index (χ3n) is 5.78. The van der Waals surface area contributed by atoms with Gasteiger partial charge >= 0.3 is 6.18 Å². The van der Waals surface area contributed by atoms with Crippen LogP contribution in [0.15, 0.2) is 18.5 Å². The second-order valence-electron chi connectivity index (χ2n) is 8.23. The van der Waals surface area contributed by atoms with Crippen LogP contribution < -0.4 is 0 Å². The Hall–Kier alpha value is -1.47. The Morgan fingerprint density at radius 2 is 2.06 bits per heavy atom. The summed E-state index contributed by atoms with van der Waals surface area (Å²) >= 11 is 0.676. The lowest BCUT2D eigenvalue weighted by Gasteiger charge is -2.44. The van der Waals surface area contributed by atoms with Crippen molar-refractivity contribution >= 4 is 21.2 Å². The number of halogens is 3. The van der Waals surface area contributed by atoms with Crippen LogP contribution in [0.5, 0.6) is 0 Å². The molecule has 172 valence electrons. The average Bonchev–Trinajstić information content (AvgIpc) is 3.32. The van der Waals surface area contributed by atoms with E-state index < -0.39 is 32.6 Å². The number of aliphatic hydroxyl groups is 1. The maximum absolute atomic E-state index is 13.2. The van der Waals surface area contributed by atoms with Crippen LogP contribution >= 0.6 is 11.3 Å². The standard InChI is InChI=1S/C19H24F3N3O4S2/c1-31(27,28)7-6-25-11-13(9-23-25)10-24-4-2-18(3-5-24)17-14(15(26)12-29-18)8-16(30-17)19(20,21)22/h8-9,11,15,26H,2-7,10,12H2,1H3. The molecule has 1 atom stereocenters. The highest BCUT2D eigenvalue weighted by Gasteiger charge is 2.47. The SMILES string of the molecule is CS(=O)(=O)CCn1cc(CN2CCC3(CC2)OCC(O)c2cc(C(F)(F)F)sc23)cn1. The number of aliphatic hydroxyl groups excluding tert-OH is 1. The monoisotopic (exact) mass is 479 g/mol. The van der Waals surface area contributed by atoms with E-state index in [1.807, 2.05) is 6.20 Å². The summed E-state index contributed by atoms with van der Waals surface area (Å²) in [6.45, 7) is 2.16. The van der Waals surface area contributed by atoms with Crippen LogP contribution in [0.1, 0.15) is 39.8 Å². The lowest BCUT2D eigenvalue weighted by atomic mass is 9.84. The van der Waals surface area contributed by atoms with E-state index in [1.165, 1.54) is 6.26 Å². The average molecular weight is 480 g/mol. The van der Waals surface area contributed by atoms with Gasteiger partial charge in [0.25, 0.3) is 0 Å². The summed E-state index contributed by atoms with van der Waals surface area (Å²) in [7, 11) is -3.06. The van der Waals surface area contributed by atoms with Crippen LogP contribution in [0, 0.1) is 0 Å². The van der Waals surface area contributed by atoms with Crippen molar-refractivity contribution in [3.63, 3.8) is 0 Å². The number of hydrogen-bond acceptors (Lipinski definition) is 7. The van der Waals surface area contributed by atoms with E-state index in [-0.39, 0.29) is 12.4 Å². The van der Waals surface area contributed by atoms with Crippen LogP contribution in [0.3, 0.4) is 0 Å². The van der Waals surface area contributed by atoms with Crippen molar-refractivity contribution in [2.75, 3.05) is 31.7 Å². The Balaban J connectivity index is 1.42.